The van der Waals surface area contributed by atoms with Gasteiger partial charge in [-0.05, 0) is 61.6 Å². The highest BCUT2D eigenvalue weighted by Gasteiger charge is 2.29. The first kappa shape index (κ1) is 23.3. The van der Waals surface area contributed by atoms with Crippen LogP contribution in [0.25, 0.3) is 22.2 Å². The number of carbonyl (C=O) groups excluding carboxylic acids is 1. The Morgan fingerprint density at radius 1 is 1.24 bits per heavy atom. The van der Waals surface area contributed by atoms with Crippen molar-refractivity contribution in [3.8, 4) is 17.0 Å². The molecule has 6 rings (SSSR count). The molecule has 9 heteroatoms. The maximum atomic E-state index is 12.9. The largest absolute Gasteiger partial charge is 0.490 e. The zero-order valence-electron chi connectivity index (χ0n) is 20.7. The topological polar surface area (TPSA) is 119 Å². The molecule has 2 aliphatic carbocycles. The highest BCUT2D eigenvalue weighted by Crippen LogP contribution is 2.37. The fraction of sp³-hybridized carbons (Fsp3) is 0.357. The number of nitrogens with two attached hydrogens (primary N) is 1. The molecule has 3 aliphatic rings. The van der Waals surface area contributed by atoms with E-state index >= 15 is 0 Å². The first-order valence-corrected chi connectivity index (χ1v) is 12.8. The number of aromatic nitrogens is 4. The maximum absolute atomic E-state index is 12.9. The quantitative estimate of drug-likeness (QED) is 0.515. The minimum Gasteiger partial charge on any atom is -0.490 e. The third kappa shape index (κ3) is 4.24. The summed E-state index contributed by atoms with van der Waals surface area (Å²) in [6, 6.07) is 7.61. The van der Waals surface area contributed by atoms with E-state index in [0.29, 0.717) is 29.7 Å². The minimum absolute atomic E-state index is 0.124. The van der Waals surface area contributed by atoms with E-state index in [2.05, 4.69) is 28.9 Å². The van der Waals surface area contributed by atoms with Gasteiger partial charge in [0.2, 0.25) is 5.91 Å². The Bertz CT molecular complexity index is 1500. The van der Waals surface area contributed by atoms with Crippen molar-refractivity contribution in [3.05, 3.63) is 70.6 Å². The summed E-state index contributed by atoms with van der Waals surface area (Å²) in [6.45, 7) is 4.71. The average Bonchev–Trinajstić information content (AvgIpc) is 3.53. The lowest BCUT2D eigenvalue weighted by molar-refractivity contribution is -0.127. The SMILES string of the molecule is C=CC(=O)N1CCC[C@@H](n2nc(-c3ccc(OC4CC5=C(CCC=C5)C4)cc3)c3c(N)n[nH]c(=O)c32)C1. The third-order valence-electron chi connectivity index (χ3n) is 7.63. The Kier molecular flexibility index (Phi) is 5.90. The number of nitrogen functional groups attached to an aromatic ring is 1. The Morgan fingerprint density at radius 3 is 2.86 bits per heavy atom. The first-order valence-electron chi connectivity index (χ1n) is 12.8. The van der Waals surface area contributed by atoms with Crippen LogP contribution in [-0.4, -0.2) is 50.0 Å². The van der Waals surface area contributed by atoms with E-state index in [1.807, 2.05) is 24.3 Å². The van der Waals surface area contributed by atoms with Gasteiger partial charge >= 0.3 is 0 Å². The first-order chi connectivity index (χ1) is 18.0. The van der Waals surface area contributed by atoms with E-state index in [-0.39, 0.29) is 29.4 Å². The van der Waals surface area contributed by atoms with Crippen molar-refractivity contribution in [2.75, 3.05) is 18.8 Å². The molecule has 0 bridgehead atoms. The number of carbonyl (C=O) groups is 1. The second kappa shape index (κ2) is 9.38. The van der Waals surface area contributed by atoms with Gasteiger partial charge in [0.05, 0.1) is 11.4 Å². The molecule has 0 saturated carbocycles. The Labute approximate surface area is 214 Å². The third-order valence-corrected chi connectivity index (χ3v) is 7.63. The second-order valence-corrected chi connectivity index (χ2v) is 9.98. The molecule has 3 aromatic rings. The van der Waals surface area contributed by atoms with Crippen LogP contribution in [0.1, 0.15) is 44.6 Å². The molecule has 3 heterocycles. The van der Waals surface area contributed by atoms with Crippen LogP contribution < -0.4 is 16.0 Å². The van der Waals surface area contributed by atoms with Crippen molar-refractivity contribution < 1.29 is 9.53 Å². The number of benzene rings is 1. The molecule has 1 aliphatic heterocycles. The molecule has 1 amide bonds. The lowest BCUT2D eigenvalue weighted by Gasteiger charge is -2.32. The van der Waals surface area contributed by atoms with Crippen molar-refractivity contribution in [2.24, 2.45) is 0 Å². The van der Waals surface area contributed by atoms with Gasteiger partial charge in [0.15, 0.2) is 5.82 Å². The summed E-state index contributed by atoms with van der Waals surface area (Å²) in [5, 5.41) is 11.9. The maximum Gasteiger partial charge on any atom is 0.290 e. The van der Waals surface area contributed by atoms with E-state index in [0.717, 1.165) is 49.8 Å². The van der Waals surface area contributed by atoms with Crippen molar-refractivity contribution >= 4 is 22.6 Å². The number of hydrogen-bond donors (Lipinski definition) is 2. The molecule has 2 atom stereocenters. The number of aromatic amines is 1. The van der Waals surface area contributed by atoms with E-state index in [1.54, 1.807) is 9.58 Å². The number of likely N-dealkylation sites (tertiary alicyclic amines) is 1. The zero-order chi connectivity index (χ0) is 25.5. The number of amides is 1. The van der Waals surface area contributed by atoms with Crippen LogP contribution in [0.5, 0.6) is 5.75 Å². The lowest BCUT2D eigenvalue weighted by Crippen LogP contribution is -2.40. The summed E-state index contributed by atoms with van der Waals surface area (Å²) < 4.78 is 8.01. The van der Waals surface area contributed by atoms with Gasteiger partial charge in [0.1, 0.15) is 23.1 Å². The molecule has 37 heavy (non-hydrogen) atoms. The minimum atomic E-state index is -0.359. The molecule has 9 nitrogen and oxygen atoms in total. The molecular formula is C28H30N6O3. The Morgan fingerprint density at radius 2 is 2.08 bits per heavy atom. The van der Waals surface area contributed by atoms with Crippen molar-refractivity contribution in [3.63, 3.8) is 0 Å². The molecule has 3 N–H and O–H groups in total. The van der Waals surface area contributed by atoms with E-state index in [4.69, 9.17) is 15.6 Å². The number of allylic oxidation sites excluding steroid dienone is 2. The number of nitrogens with one attached hydrogen (secondary N) is 1. The lowest BCUT2D eigenvalue weighted by atomic mass is 10.0. The molecular weight excluding hydrogens is 468 g/mol. The van der Waals surface area contributed by atoms with Crippen molar-refractivity contribution in [1.82, 2.24) is 24.9 Å². The fourth-order valence-electron chi connectivity index (χ4n) is 5.83. The number of ether oxygens (including phenoxy) is 1. The highest BCUT2D eigenvalue weighted by molar-refractivity contribution is 5.99. The summed E-state index contributed by atoms with van der Waals surface area (Å²) in [6.07, 6.45) is 11.7. The van der Waals surface area contributed by atoms with Crippen LogP contribution >= 0.6 is 0 Å². The van der Waals surface area contributed by atoms with E-state index < -0.39 is 0 Å². The van der Waals surface area contributed by atoms with E-state index in [1.165, 1.54) is 17.2 Å². The van der Waals surface area contributed by atoms with Crippen LogP contribution in [0, 0.1) is 0 Å². The van der Waals surface area contributed by atoms with Crippen LogP contribution in [0.3, 0.4) is 0 Å². The van der Waals surface area contributed by atoms with Crippen molar-refractivity contribution in [1.29, 1.82) is 0 Å². The molecule has 1 aromatic carbocycles. The zero-order valence-corrected chi connectivity index (χ0v) is 20.7. The molecule has 1 unspecified atom stereocenters. The van der Waals surface area contributed by atoms with Gasteiger partial charge in [-0.3, -0.25) is 14.3 Å². The molecule has 190 valence electrons. The van der Waals surface area contributed by atoms with Crippen molar-refractivity contribution in [2.45, 2.75) is 50.7 Å². The molecule has 2 aromatic heterocycles. The smallest absolute Gasteiger partial charge is 0.290 e. The van der Waals surface area contributed by atoms with Gasteiger partial charge in [-0.15, -0.1) is 0 Å². The Balaban J connectivity index is 1.30. The van der Waals surface area contributed by atoms with Gasteiger partial charge in [0.25, 0.3) is 5.56 Å². The summed E-state index contributed by atoms with van der Waals surface area (Å²) in [4.78, 5) is 26.9. The van der Waals surface area contributed by atoms with E-state index in [9.17, 15) is 9.59 Å². The van der Waals surface area contributed by atoms with Crippen LogP contribution in [0.15, 0.2) is 65.0 Å². The summed E-state index contributed by atoms with van der Waals surface area (Å²) >= 11 is 0. The number of piperidine rings is 1. The standard InChI is InChI=1S/C28H30N6O3/c1-2-23(35)33-13-5-8-20(16-33)34-26-24(27(29)30-31-28(26)36)25(32-34)17-9-11-21(12-10-17)37-22-14-18-6-3-4-7-19(18)15-22/h2-3,6,9-12,20,22H,1,4-5,7-8,13-16H2,(H2,29,30)(H,31,36)/t20-,22?/m1/s1. The summed E-state index contributed by atoms with van der Waals surface area (Å²) in [5.41, 5.74) is 10.6. The molecule has 1 saturated heterocycles. The number of anilines is 1. The molecule has 0 spiro atoms. The van der Waals surface area contributed by atoms with Crippen LogP contribution in [-0.2, 0) is 4.79 Å². The van der Waals surface area contributed by atoms with Crippen LogP contribution in [0.4, 0.5) is 5.82 Å². The number of rotatable bonds is 5. The average molecular weight is 499 g/mol. The highest BCUT2D eigenvalue weighted by atomic mass is 16.5. The van der Waals surface area contributed by atoms with Gasteiger partial charge < -0.3 is 15.4 Å². The summed E-state index contributed by atoms with van der Waals surface area (Å²) in [5.74, 6) is 0.888. The van der Waals surface area contributed by atoms with Gasteiger partial charge in [-0.25, -0.2) is 5.10 Å². The number of fused-ring (bicyclic) bond motifs is 1. The molecule has 1 fully saturated rings. The Hall–Kier alpha value is -4.14. The number of H-pyrrole nitrogens is 1. The number of hydrogen-bond acceptors (Lipinski definition) is 6. The predicted octanol–water partition coefficient (Wildman–Crippen LogP) is 3.91. The molecule has 0 radical (unpaired) electrons. The predicted molar refractivity (Wildman–Crippen MR) is 142 cm³/mol. The fourth-order valence-corrected chi connectivity index (χ4v) is 5.83. The second-order valence-electron chi connectivity index (χ2n) is 9.98. The van der Waals surface area contributed by atoms with Gasteiger partial charge in [-0.1, -0.05) is 24.3 Å². The van der Waals surface area contributed by atoms with Crippen LogP contribution in [0.2, 0.25) is 0 Å². The normalized spacial score (nSPS) is 21.4. The monoisotopic (exact) mass is 498 g/mol. The number of nitrogens with zero attached hydrogens (tertiary/aromatic N) is 4. The van der Waals surface area contributed by atoms with Gasteiger partial charge in [0, 0.05) is 31.5 Å². The summed E-state index contributed by atoms with van der Waals surface area (Å²) in [7, 11) is 0. The van der Waals surface area contributed by atoms with Gasteiger partial charge in [-0.2, -0.15) is 10.2 Å².